The second-order valence-electron chi connectivity index (χ2n) is 6.46. The molecule has 0 saturated heterocycles. The van der Waals surface area contributed by atoms with E-state index in [0.29, 0.717) is 0 Å². The minimum atomic E-state index is 0.954. The van der Waals surface area contributed by atoms with Crippen LogP contribution in [-0.2, 0) is 6.42 Å². The topological polar surface area (TPSA) is 29.0 Å². The van der Waals surface area contributed by atoms with Crippen molar-refractivity contribution in [3.05, 3.63) is 52.3 Å². The summed E-state index contributed by atoms with van der Waals surface area (Å²) in [6.07, 6.45) is 7.43. The summed E-state index contributed by atoms with van der Waals surface area (Å²) in [5.74, 6) is 0. The fraction of sp³-hybridized carbons (Fsp3) is 0.429. The lowest BCUT2D eigenvalue weighted by atomic mass is 10.1. The lowest BCUT2D eigenvalue weighted by Crippen LogP contribution is -2.27. The van der Waals surface area contributed by atoms with E-state index in [0.717, 1.165) is 36.0 Å². The van der Waals surface area contributed by atoms with Crippen molar-refractivity contribution >= 4 is 27.8 Å². The fourth-order valence-corrected chi connectivity index (χ4v) is 4.35. The molecule has 0 unspecified atom stereocenters. The van der Waals surface area contributed by atoms with Gasteiger partial charge in [0.15, 0.2) is 10.6 Å². The molecular weight excluding hydrogens is 358 g/mol. The lowest BCUT2D eigenvalue weighted by molar-refractivity contribution is 0.616. The van der Waals surface area contributed by atoms with Gasteiger partial charge in [-0.25, -0.2) is 9.97 Å². The van der Waals surface area contributed by atoms with Gasteiger partial charge < -0.3 is 4.90 Å². The molecule has 0 atom stereocenters. The second kappa shape index (κ2) is 10.4. The van der Waals surface area contributed by atoms with Crippen molar-refractivity contribution in [1.29, 1.82) is 0 Å². The molecular formula is C21H26N3S2. The van der Waals surface area contributed by atoms with Crippen LogP contribution >= 0.6 is 22.7 Å². The summed E-state index contributed by atoms with van der Waals surface area (Å²) in [4.78, 5) is 11.7. The lowest BCUT2D eigenvalue weighted by Gasteiger charge is -2.21. The molecule has 0 bridgehead atoms. The molecule has 1 radical (unpaired) electrons. The molecule has 1 aromatic carbocycles. The van der Waals surface area contributed by atoms with Crippen molar-refractivity contribution in [1.82, 2.24) is 9.97 Å². The maximum absolute atomic E-state index is 4.91. The third-order valence-electron chi connectivity index (χ3n) is 4.44. The van der Waals surface area contributed by atoms with Crippen LogP contribution in [0.5, 0.6) is 0 Å². The number of benzene rings is 1. The molecule has 3 nitrogen and oxygen atoms in total. The van der Waals surface area contributed by atoms with Gasteiger partial charge in [-0.05, 0) is 6.42 Å². The monoisotopic (exact) mass is 384 g/mol. The molecule has 137 valence electrons. The van der Waals surface area contributed by atoms with Crippen LogP contribution in [0.2, 0.25) is 0 Å². The average molecular weight is 385 g/mol. The van der Waals surface area contributed by atoms with Crippen molar-refractivity contribution in [2.75, 3.05) is 18.0 Å². The number of anilines is 1. The summed E-state index contributed by atoms with van der Waals surface area (Å²) in [6.45, 7) is 4.30. The zero-order chi connectivity index (χ0) is 18.0. The van der Waals surface area contributed by atoms with Gasteiger partial charge >= 0.3 is 0 Å². The summed E-state index contributed by atoms with van der Waals surface area (Å²) >= 11 is 3.29. The molecule has 0 aliphatic rings. The molecule has 5 heteroatoms. The first kappa shape index (κ1) is 19.1. The SMILES string of the molecule is CCCCCCCN(CCc1cs[c]n1)c1nc(-c2ccccc2)cs1. The highest BCUT2D eigenvalue weighted by Crippen LogP contribution is 2.28. The Labute approximate surface area is 164 Å². The van der Waals surface area contributed by atoms with Crippen molar-refractivity contribution < 1.29 is 0 Å². The summed E-state index contributed by atoms with van der Waals surface area (Å²) in [5, 5.41) is 5.39. The number of aromatic nitrogens is 2. The predicted octanol–water partition coefficient (Wildman–Crippen LogP) is 6.09. The largest absolute Gasteiger partial charge is 0.348 e. The van der Waals surface area contributed by atoms with Crippen molar-refractivity contribution in [2.45, 2.75) is 45.4 Å². The van der Waals surface area contributed by atoms with Gasteiger partial charge in [0.05, 0.1) is 11.4 Å². The van der Waals surface area contributed by atoms with Gasteiger partial charge in [0.2, 0.25) is 0 Å². The summed E-state index contributed by atoms with van der Waals surface area (Å²) in [6, 6.07) is 10.4. The predicted molar refractivity (Wildman–Crippen MR) is 113 cm³/mol. The van der Waals surface area contributed by atoms with Gasteiger partial charge in [-0.15, -0.1) is 22.7 Å². The van der Waals surface area contributed by atoms with Crippen LogP contribution in [0.3, 0.4) is 0 Å². The van der Waals surface area contributed by atoms with Crippen LogP contribution in [0, 0.1) is 5.51 Å². The third-order valence-corrected chi connectivity index (χ3v) is 5.93. The molecule has 0 aliphatic heterocycles. The highest BCUT2D eigenvalue weighted by atomic mass is 32.1. The van der Waals surface area contributed by atoms with Crippen LogP contribution in [0.15, 0.2) is 41.1 Å². The molecule has 0 aliphatic carbocycles. The second-order valence-corrected chi connectivity index (χ2v) is 7.95. The minimum absolute atomic E-state index is 0.954. The smallest absolute Gasteiger partial charge is 0.185 e. The maximum Gasteiger partial charge on any atom is 0.185 e. The van der Waals surface area contributed by atoms with Crippen LogP contribution in [0.25, 0.3) is 11.3 Å². The highest BCUT2D eigenvalue weighted by molar-refractivity contribution is 7.14. The highest BCUT2D eigenvalue weighted by Gasteiger charge is 2.13. The Hall–Kier alpha value is -1.72. The number of nitrogens with zero attached hydrogens (tertiary/aromatic N) is 3. The molecule has 0 saturated carbocycles. The third kappa shape index (κ3) is 5.64. The summed E-state index contributed by atoms with van der Waals surface area (Å²) < 4.78 is 0. The molecule has 0 spiro atoms. The van der Waals surface area contributed by atoms with Crippen LogP contribution in [0.4, 0.5) is 5.13 Å². The van der Waals surface area contributed by atoms with E-state index in [1.54, 1.807) is 22.7 Å². The number of thiazole rings is 2. The molecule has 3 aromatic rings. The quantitative estimate of drug-likeness (QED) is 0.375. The summed E-state index contributed by atoms with van der Waals surface area (Å²) in [7, 11) is 0. The fourth-order valence-electron chi connectivity index (χ4n) is 2.93. The van der Waals surface area contributed by atoms with Crippen LogP contribution in [-0.4, -0.2) is 23.1 Å². The van der Waals surface area contributed by atoms with Crippen LogP contribution < -0.4 is 4.90 Å². The minimum Gasteiger partial charge on any atom is -0.348 e. The van der Waals surface area contributed by atoms with Gasteiger partial charge in [0.25, 0.3) is 0 Å². The Morgan fingerprint density at radius 2 is 1.85 bits per heavy atom. The normalized spacial score (nSPS) is 11.0. The molecule has 2 heterocycles. The Bertz CT molecular complexity index is 738. The van der Waals surface area contributed by atoms with Gasteiger partial charge in [0, 0.05) is 35.8 Å². The maximum atomic E-state index is 4.91. The molecule has 0 fully saturated rings. The zero-order valence-corrected chi connectivity index (χ0v) is 17.0. The zero-order valence-electron chi connectivity index (χ0n) is 15.4. The van der Waals surface area contributed by atoms with E-state index in [1.165, 1.54) is 37.7 Å². The van der Waals surface area contributed by atoms with Crippen LogP contribution in [0.1, 0.15) is 44.7 Å². The number of hydrogen-bond donors (Lipinski definition) is 0. The summed E-state index contributed by atoms with van der Waals surface area (Å²) in [5.41, 5.74) is 6.34. The van der Waals surface area contributed by atoms with Gasteiger partial charge in [-0.2, -0.15) is 0 Å². The van der Waals surface area contributed by atoms with Crippen molar-refractivity contribution in [3.8, 4) is 11.3 Å². The molecule has 26 heavy (non-hydrogen) atoms. The van der Waals surface area contributed by atoms with E-state index in [1.807, 2.05) is 6.07 Å². The van der Waals surface area contributed by atoms with Gasteiger partial charge in [-0.3, -0.25) is 0 Å². The first-order valence-electron chi connectivity index (χ1n) is 9.43. The van der Waals surface area contributed by atoms with E-state index in [4.69, 9.17) is 4.98 Å². The first-order valence-corrected chi connectivity index (χ1v) is 11.2. The Morgan fingerprint density at radius 3 is 2.62 bits per heavy atom. The van der Waals surface area contributed by atoms with Gasteiger partial charge in [-0.1, -0.05) is 62.9 Å². The van der Waals surface area contributed by atoms with Crippen molar-refractivity contribution in [3.63, 3.8) is 0 Å². The number of rotatable bonds is 11. The average Bonchev–Trinajstić information content (AvgIpc) is 3.37. The Balaban J connectivity index is 1.64. The molecule has 2 aromatic heterocycles. The van der Waals surface area contributed by atoms with E-state index in [-0.39, 0.29) is 0 Å². The van der Waals surface area contributed by atoms with Gasteiger partial charge in [0.1, 0.15) is 0 Å². The number of hydrogen-bond acceptors (Lipinski definition) is 5. The van der Waals surface area contributed by atoms with E-state index in [9.17, 15) is 0 Å². The number of unbranched alkanes of at least 4 members (excludes halogenated alkanes) is 4. The first-order chi connectivity index (χ1) is 12.9. The molecule has 3 rings (SSSR count). The molecule has 0 N–H and O–H groups in total. The van der Waals surface area contributed by atoms with E-state index in [2.05, 4.69) is 57.3 Å². The van der Waals surface area contributed by atoms with E-state index >= 15 is 0 Å². The Kier molecular flexibility index (Phi) is 7.65. The molecule has 0 amide bonds. The Morgan fingerprint density at radius 1 is 1.00 bits per heavy atom. The van der Waals surface area contributed by atoms with Crippen molar-refractivity contribution in [2.24, 2.45) is 0 Å². The standard InChI is InChI=1S/C21H26N3S2/c1-2-3-4-5-9-13-24(14-12-19-15-25-17-22-19)21-23-20(16-26-21)18-10-7-6-8-11-18/h6-8,10-11,15-16H,2-5,9,12-14H2,1H3. The van der Waals surface area contributed by atoms with E-state index < -0.39 is 0 Å².